The highest BCUT2D eigenvalue weighted by Gasteiger charge is 2.18. The monoisotopic (exact) mass is 654 g/mol. The van der Waals surface area contributed by atoms with E-state index in [2.05, 4.69) is 20.9 Å². The molecule has 3 amide bonds. The summed E-state index contributed by atoms with van der Waals surface area (Å²) in [5.41, 5.74) is 2.20. The van der Waals surface area contributed by atoms with Crippen molar-refractivity contribution in [3.8, 4) is 17.2 Å². The molecule has 0 unspecified atom stereocenters. The summed E-state index contributed by atoms with van der Waals surface area (Å²) < 4.78 is 17.3. The normalized spacial score (nSPS) is 11.1. The molecular formula is C34H30N4O6S2. The van der Waals surface area contributed by atoms with Gasteiger partial charge in [-0.05, 0) is 66.2 Å². The molecule has 0 saturated carbocycles. The number of nitrogens with zero attached hydrogens (tertiary/aromatic N) is 1. The molecule has 5 rings (SSSR count). The fraction of sp³-hybridized carbons (Fsp3) is 0.118. The van der Waals surface area contributed by atoms with E-state index in [0.29, 0.717) is 39.2 Å². The zero-order valence-electron chi connectivity index (χ0n) is 25.2. The van der Waals surface area contributed by atoms with Crippen LogP contribution in [-0.4, -0.2) is 49.8 Å². The number of carbonyl (C=O) groups is 3. The number of anilines is 2. The molecule has 0 atom stereocenters. The molecule has 4 aromatic carbocycles. The van der Waals surface area contributed by atoms with Crippen LogP contribution in [-0.2, 0) is 9.59 Å². The third kappa shape index (κ3) is 8.03. The number of hydrogen-bond donors (Lipinski definition) is 3. The zero-order valence-corrected chi connectivity index (χ0v) is 26.8. The largest absolute Gasteiger partial charge is 0.493 e. The third-order valence-corrected chi connectivity index (χ3v) is 8.47. The van der Waals surface area contributed by atoms with Gasteiger partial charge in [-0.25, -0.2) is 4.98 Å². The van der Waals surface area contributed by atoms with Crippen LogP contribution in [0.1, 0.15) is 15.9 Å². The van der Waals surface area contributed by atoms with Crippen molar-refractivity contribution < 1.29 is 28.6 Å². The Hall–Kier alpha value is -5.33. The van der Waals surface area contributed by atoms with Crippen molar-refractivity contribution in [2.24, 2.45) is 0 Å². The van der Waals surface area contributed by atoms with Crippen molar-refractivity contribution >= 4 is 67.9 Å². The Morgan fingerprint density at radius 3 is 2.24 bits per heavy atom. The predicted molar refractivity (Wildman–Crippen MR) is 182 cm³/mol. The Morgan fingerprint density at radius 2 is 1.54 bits per heavy atom. The first-order chi connectivity index (χ1) is 22.4. The fourth-order valence-electron chi connectivity index (χ4n) is 4.39. The third-order valence-electron chi connectivity index (χ3n) is 6.53. The fourth-order valence-corrected chi connectivity index (χ4v) is 6.02. The van der Waals surface area contributed by atoms with Gasteiger partial charge in [0.1, 0.15) is 5.70 Å². The number of rotatable bonds is 12. The maximum atomic E-state index is 13.6. The number of aromatic nitrogens is 1. The second-order valence-electron chi connectivity index (χ2n) is 9.64. The molecule has 0 saturated heterocycles. The van der Waals surface area contributed by atoms with E-state index in [1.165, 1.54) is 50.5 Å². The molecule has 0 aliphatic carbocycles. The van der Waals surface area contributed by atoms with Crippen molar-refractivity contribution in [1.82, 2.24) is 10.3 Å². The summed E-state index contributed by atoms with van der Waals surface area (Å²) in [4.78, 5) is 44.5. The molecule has 0 radical (unpaired) electrons. The average Bonchev–Trinajstić information content (AvgIpc) is 3.49. The molecule has 0 spiro atoms. The summed E-state index contributed by atoms with van der Waals surface area (Å²) in [7, 11) is 4.48. The lowest BCUT2D eigenvalue weighted by Gasteiger charge is -2.15. The number of hydrogen-bond acceptors (Lipinski definition) is 9. The number of fused-ring (bicyclic) bond motifs is 1. The maximum Gasteiger partial charge on any atom is 0.272 e. The minimum Gasteiger partial charge on any atom is -0.493 e. The molecule has 0 fully saturated rings. The van der Waals surface area contributed by atoms with Crippen LogP contribution in [0.3, 0.4) is 0 Å². The average molecular weight is 655 g/mol. The van der Waals surface area contributed by atoms with Crippen molar-refractivity contribution in [3.05, 3.63) is 108 Å². The molecular weight excluding hydrogens is 625 g/mol. The minimum absolute atomic E-state index is 0.0172. The van der Waals surface area contributed by atoms with E-state index < -0.39 is 11.8 Å². The summed E-state index contributed by atoms with van der Waals surface area (Å²) >= 11 is 2.73. The van der Waals surface area contributed by atoms with Crippen LogP contribution in [0.4, 0.5) is 10.8 Å². The lowest BCUT2D eigenvalue weighted by molar-refractivity contribution is -0.114. The van der Waals surface area contributed by atoms with Crippen LogP contribution < -0.4 is 30.2 Å². The second kappa shape index (κ2) is 15.1. The van der Waals surface area contributed by atoms with Gasteiger partial charge in [0.15, 0.2) is 16.6 Å². The van der Waals surface area contributed by atoms with Gasteiger partial charge in [-0.1, -0.05) is 47.7 Å². The lowest BCUT2D eigenvalue weighted by atomic mass is 10.1. The first-order valence-electron chi connectivity index (χ1n) is 13.9. The van der Waals surface area contributed by atoms with Gasteiger partial charge in [-0.15, -0.1) is 11.8 Å². The molecule has 5 aromatic rings. The smallest absolute Gasteiger partial charge is 0.272 e. The van der Waals surface area contributed by atoms with Gasteiger partial charge < -0.3 is 30.2 Å². The van der Waals surface area contributed by atoms with Crippen LogP contribution in [0.2, 0.25) is 0 Å². The van der Waals surface area contributed by atoms with E-state index in [0.717, 1.165) is 15.1 Å². The number of nitrogens with one attached hydrogen (secondary N) is 3. The van der Waals surface area contributed by atoms with Gasteiger partial charge in [0.05, 0.1) is 37.3 Å². The van der Waals surface area contributed by atoms with E-state index in [1.807, 2.05) is 30.3 Å². The molecule has 1 heterocycles. The highest BCUT2D eigenvalue weighted by molar-refractivity contribution is 8.00. The van der Waals surface area contributed by atoms with Gasteiger partial charge in [0, 0.05) is 16.1 Å². The zero-order chi connectivity index (χ0) is 32.5. The number of thiazole rings is 1. The topological polar surface area (TPSA) is 128 Å². The lowest BCUT2D eigenvalue weighted by Crippen LogP contribution is -2.30. The summed E-state index contributed by atoms with van der Waals surface area (Å²) in [5, 5.41) is 8.96. The van der Waals surface area contributed by atoms with Crippen molar-refractivity contribution in [3.63, 3.8) is 0 Å². The summed E-state index contributed by atoms with van der Waals surface area (Å²) in [6.45, 7) is 0. The number of amides is 3. The molecule has 10 nitrogen and oxygen atoms in total. The Morgan fingerprint density at radius 1 is 0.826 bits per heavy atom. The Kier molecular flexibility index (Phi) is 10.5. The molecule has 46 heavy (non-hydrogen) atoms. The van der Waals surface area contributed by atoms with Gasteiger partial charge in [0.25, 0.3) is 11.8 Å². The van der Waals surface area contributed by atoms with E-state index in [-0.39, 0.29) is 17.4 Å². The van der Waals surface area contributed by atoms with Gasteiger partial charge in [-0.3, -0.25) is 14.4 Å². The molecule has 0 bridgehead atoms. The van der Waals surface area contributed by atoms with Crippen LogP contribution in [0.5, 0.6) is 17.2 Å². The number of ether oxygens (including phenoxy) is 3. The molecule has 0 aliphatic rings. The number of carbonyl (C=O) groups excluding carboxylic acids is 3. The first-order valence-corrected chi connectivity index (χ1v) is 15.7. The SMILES string of the molecule is COc1cc(/C=C(/NC(=O)c2ccccc2)C(=O)Nc2cccc(SCC(=O)Nc3nc4ccccc4s3)c2)cc(OC)c1OC. The van der Waals surface area contributed by atoms with Crippen LogP contribution in [0.15, 0.2) is 102 Å². The van der Waals surface area contributed by atoms with Gasteiger partial charge in [-0.2, -0.15) is 0 Å². The van der Waals surface area contributed by atoms with E-state index >= 15 is 0 Å². The van der Waals surface area contributed by atoms with Gasteiger partial charge in [0.2, 0.25) is 11.7 Å². The molecule has 1 aromatic heterocycles. The second-order valence-corrected chi connectivity index (χ2v) is 11.7. The van der Waals surface area contributed by atoms with E-state index in [1.54, 1.807) is 60.7 Å². The number of methoxy groups -OCH3 is 3. The van der Waals surface area contributed by atoms with Crippen molar-refractivity contribution in [2.45, 2.75) is 4.90 Å². The molecule has 0 aliphatic heterocycles. The summed E-state index contributed by atoms with van der Waals surface area (Å²) in [5.74, 6) is 0.0967. The summed E-state index contributed by atoms with van der Waals surface area (Å²) in [6, 6.07) is 26.7. The quantitative estimate of drug-likeness (QED) is 0.103. The van der Waals surface area contributed by atoms with Crippen molar-refractivity contribution in [2.75, 3.05) is 37.7 Å². The molecule has 12 heteroatoms. The number of thioether (sulfide) groups is 1. The highest BCUT2D eigenvalue weighted by Crippen LogP contribution is 2.38. The standard InChI is InChI=1S/C34H30N4O6S2/c1-42-27-17-21(18-28(43-2)31(27)44-3)16-26(36-32(40)22-10-5-4-6-11-22)33(41)35-23-12-9-13-24(19-23)45-20-30(39)38-34-37-25-14-7-8-15-29(25)46-34/h4-19H,20H2,1-3H3,(H,35,41)(H,36,40)(H,37,38,39)/b26-16+. The molecule has 3 N–H and O–H groups in total. The number of para-hydroxylation sites is 1. The van der Waals surface area contributed by atoms with Crippen molar-refractivity contribution in [1.29, 1.82) is 0 Å². The Bertz CT molecular complexity index is 1850. The predicted octanol–water partition coefficient (Wildman–Crippen LogP) is 6.46. The van der Waals surface area contributed by atoms with Crippen LogP contribution in [0, 0.1) is 0 Å². The summed E-state index contributed by atoms with van der Waals surface area (Å²) in [6.07, 6.45) is 1.52. The van der Waals surface area contributed by atoms with E-state index in [4.69, 9.17) is 14.2 Å². The Balaban J connectivity index is 1.32. The first kappa shape index (κ1) is 32.1. The van der Waals surface area contributed by atoms with Gasteiger partial charge >= 0.3 is 0 Å². The maximum absolute atomic E-state index is 13.6. The minimum atomic E-state index is -0.561. The highest BCUT2D eigenvalue weighted by atomic mass is 32.2. The van der Waals surface area contributed by atoms with Crippen LogP contribution >= 0.6 is 23.1 Å². The molecule has 234 valence electrons. The van der Waals surface area contributed by atoms with Crippen LogP contribution in [0.25, 0.3) is 16.3 Å². The Labute approximate surface area is 273 Å². The van der Waals surface area contributed by atoms with E-state index in [9.17, 15) is 14.4 Å². The number of benzene rings is 4.